The zero-order valence-electron chi connectivity index (χ0n) is 25.0. The Morgan fingerprint density at radius 3 is 2.22 bits per heavy atom. The Hall–Kier alpha value is -4.20. The van der Waals surface area contributed by atoms with Crippen LogP contribution in [0.1, 0.15) is 55.4 Å². The van der Waals surface area contributed by atoms with E-state index >= 15 is 0 Å². The predicted octanol–water partition coefficient (Wildman–Crippen LogP) is 6.19. The van der Waals surface area contributed by atoms with Gasteiger partial charge in [-0.05, 0) is 60.2 Å². The molecule has 1 heterocycles. The number of rotatable bonds is 13. The molecule has 0 radical (unpaired) electrons. The molecule has 1 N–H and O–H groups in total. The number of methoxy groups -OCH3 is 3. The van der Waals surface area contributed by atoms with Gasteiger partial charge < -0.3 is 28.8 Å². The van der Waals surface area contributed by atoms with E-state index in [1.165, 1.54) is 26.9 Å². The van der Waals surface area contributed by atoms with Gasteiger partial charge in [0, 0.05) is 25.1 Å². The van der Waals surface area contributed by atoms with E-state index in [2.05, 4.69) is 48.9 Å². The van der Waals surface area contributed by atoms with Crippen molar-refractivity contribution < 1.29 is 23.7 Å². The number of nitrogens with one attached hydrogen (secondary N) is 1. The first kappa shape index (κ1) is 29.8. The van der Waals surface area contributed by atoms with Crippen molar-refractivity contribution in [1.82, 2.24) is 14.9 Å². The summed E-state index contributed by atoms with van der Waals surface area (Å²) < 4.78 is 24.4. The molecular formula is C33H41N3O5. The molecule has 0 bridgehead atoms. The highest BCUT2D eigenvalue weighted by Crippen LogP contribution is 2.38. The van der Waals surface area contributed by atoms with E-state index in [0.29, 0.717) is 36.0 Å². The molecular weight excluding hydrogens is 518 g/mol. The largest absolute Gasteiger partial charge is 0.494 e. The van der Waals surface area contributed by atoms with Gasteiger partial charge in [-0.3, -0.25) is 4.79 Å². The van der Waals surface area contributed by atoms with Crippen LogP contribution < -0.4 is 24.3 Å². The van der Waals surface area contributed by atoms with E-state index in [0.717, 1.165) is 48.4 Å². The summed E-state index contributed by atoms with van der Waals surface area (Å²) >= 11 is 0. The summed E-state index contributed by atoms with van der Waals surface area (Å²) in [4.78, 5) is 17.7. The monoisotopic (exact) mass is 559 g/mol. The quantitative estimate of drug-likeness (QED) is 0.197. The molecule has 0 saturated carbocycles. The van der Waals surface area contributed by atoms with Gasteiger partial charge in [-0.15, -0.1) is 0 Å². The number of hydrogen-bond acceptors (Lipinski definition) is 6. The fraction of sp³-hybridized carbons (Fsp3) is 0.394. The number of imidazole rings is 1. The Morgan fingerprint density at radius 2 is 1.59 bits per heavy atom. The number of amides is 1. The van der Waals surface area contributed by atoms with E-state index in [9.17, 15) is 4.79 Å². The number of fused-ring (bicyclic) bond motifs is 1. The maximum Gasteiger partial charge on any atom is 0.251 e. The van der Waals surface area contributed by atoms with E-state index in [4.69, 9.17) is 23.9 Å². The highest BCUT2D eigenvalue weighted by Gasteiger charge is 2.17. The summed E-state index contributed by atoms with van der Waals surface area (Å²) in [6, 6.07) is 19.8. The molecule has 8 heteroatoms. The predicted molar refractivity (Wildman–Crippen MR) is 162 cm³/mol. The molecule has 4 rings (SSSR count). The summed E-state index contributed by atoms with van der Waals surface area (Å²) in [6.07, 6.45) is 2.34. The third-order valence-corrected chi connectivity index (χ3v) is 7.04. The van der Waals surface area contributed by atoms with Crippen LogP contribution in [0.5, 0.6) is 23.0 Å². The van der Waals surface area contributed by atoms with Crippen LogP contribution in [-0.4, -0.2) is 49.9 Å². The molecule has 0 fully saturated rings. The van der Waals surface area contributed by atoms with Crippen LogP contribution in [0.25, 0.3) is 11.0 Å². The lowest BCUT2D eigenvalue weighted by molar-refractivity contribution is 0.0952. The molecule has 8 nitrogen and oxygen atoms in total. The van der Waals surface area contributed by atoms with Crippen molar-refractivity contribution in [3.8, 4) is 23.0 Å². The average Bonchev–Trinajstić information content (AvgIpc) is 3.33. The Labute approximate surface area is 242 Å². The van der Waals surface area contributed by atoms with Gasteiger partial charge in [-0.1, -0.05) is 45.0 Å². The maximum atomic E-state index is 12.9. The van der Waals surface area contributed by atoms with Gasteiger partial charge in [0.15, 0.2) is 11.5 Å². The minimum atomic E-state index is -0.203. The lowest BCUT2D eigenvalue weighted by Gasteiger charge is -2.19. The van der Waals surface area contributed by atoms with Crippen LogP contribution in [0.3, 0.4) is 0 Å². The van der Waals surface area contributed by atoms with Crippen molar-refractivity contribution in [3.63, 3.8) is 0 Å². The van der Waals surface area contributed by atoms with Crippen molar-refractivity contribution in [2.24, 2.45) is 0 Å². The Morgan fingerprint density at radius 1 is 0.902 bits per heavy atom. The number of benzene rings is 3. The molecule has 0 aliphatic heterocycles. The molecule has 218 valence electrons. The van der Waals surface area contributed by atoms with E-state index in [1.807, 2.05) is 30.3 Å². The molecule has 0 aliphatic carbocycles. The number of carbonyl (C=O) groups excluding carboxylic acids is 1. The number of ether oxygens (including phenoxy) is 4. The summed E-state index contributed by atoms with van der Waals surface area (Å²) in [6.45, 7) is 8.55. The first-order chi connectivity index (χ1) is 19.7. The molecule has 3 aromatic carbocycles. The molecule has 0 unspecified atom stereocenters. The summed E-state index contributed by atoms with van der Waals surface area (Å²) in [5.74, 6) is 3.02. The number of nitrogens with zero attached hydrogens (tertiary/aromatic N) is 2. The topological polar surface area (TPSA) is 83.8 Å². The number of para-hydroxylation sites is 2. The smallest absolute Gasteiger partial charge is 0.251 e. The second-order valence-electron chi connectivity index (χ2n) is 10.9. The molecule has 0 spiro atoms. The lowest BCUT2D eigenvalue weighted by atomic mass is 9.87. The number of aryl methyl sites for hydroxylation is 2. The van der Waals surface area contributed by atoms with Crippen LogP contribution in [-0.2, 0) is 18.4 Å². The van der Waals surface area contributed by atoms with Crippen LogP contribution in [0.15, 0.2) is 60.7 Å². The van der Waals surface area contributed by atoms with Crippen LogP contribution in [0.4, 0.5) is 0 Å². The maximum absolute atomic E-state index is 12.9. The minimum absolute atomic E-state index is 0.122. The Kier molecular flexibility index (Phi) is 9.76. The molecule has 1 amide bonds. The van der Waals surface area contributed by atoms with E-state index in [1.54, 1.807) is 12.1 Å². The van der Waals surface area contributed by atoms with Crippen molar-refractivity contribution in [2.75, 3.05) is 34.5 Å². The standard InChI is InChI=1S/C33H41N3O5/c1-33(2,3)24-14-16-25(17-15-24)41-20-10-19-36-27-12-8-7-11-26(27)35-30(36)13-9-18-34-32(37)23-21-28(38-4)31(40-6)29(22-23)39-5/h7-8,11-12,14-17,21-22H,9-10,13,18-20H2,1-6H3,(H,34,37). The Bertz CT molecular complexity index is 1430. The summed E-state index contributed by atoms with van der Waals surface area (Å²) in [5.41, 5.74) is 3.94. The van der Waals surface area contributed by atoms with Crippen LogP contribution >= 0.6 is 0 Å². The molecule has 41 heavy (non-hydrogen) atoms. The minimum Gasteiger partial charge on any atom is -0.494 e. The molecule has 0 atom stereocenters. The first-order valence-corrected chi connectivity index (χ1v) is 14.0. The van der Waals surface area contributed by atoms with Crippen LogP contribution in [0.2, 0.25) is 0 Å². The van der Waals surface area contributed by atoms with Crippen molar-refractivity contribution in [2.45, 2.75) is 52.0 Å². The van der Waals surface area contributed by atoms with Gasteiger partial charge in [-0.25, -0.2) is 4.98 Å². The first-order valence-electron chi connectivity index (χ1n) is 14.0. The van der Waals surface area contributed by atoms with Gasteiger partial charge in [0.05, 0.1) is 39.0 Å². The SMILES string of the molecule is COc1cc(C(=O)NCCCc2nc3ccccc3n2CCCOc2ccc(C(C)(C)C)cc2)cc(OC)c1OC. The van der Waals surface area contributed by atoms with E-state index in [-0.39, 0.29) is 11.3 Å². The highest BCUT2D eigenvalue weighted by molar-refractivity contribution is 5.95. The zero-order valence-corrected chi connectivity index (χ0v) is 25.0. The van der Waals surface area contributed by atoms with Gasteiger partial charge in [-0.2, -0.15) is 0 Å². The second kappa shape index (κ2) is 13.4. The fourth-order valence-electron chi connectivity index (χ4n) is 4.79. The van der Waals surface area contributed by atoms with Crippen molar-refractivity contribution >= 4 is 16.9 Å². The second-order valence-corrected chi connectivity index (χ2v) is 10.9. The molecule has 4 aromatic rings. The van der Waals surface area contributed by atoms with Gasteiger partial charge in [0.1, 0.15) is 11.6 Å². The van der Waals surface area contributed by atoms with E-state index < -0.39 is 0 Å². The van der Waals surface area contributed by atoms with Gasteiger partial charge >= 0.3 is 0 Å². The van der Waals surface area contributed by atoms with Gasteiger partial charge in [0.2, 0.25) is 5.75 Å². The molecule has 1 aromatic heterocycles. The highest BCUT2D eigenvalue weighted by atomic mass is 16.5. The summed E-state index contributed by atoms with van der Waals surface area (Å²) in [5, 5.41) is 3.00. The summed E-state index contributed by atoms with van der Waals surface area (Å²) in [7, 11) is 4.59. The fourth-order valence-corrected chi connectivity index (χ4v) is 4.79. The van der Waals surface area contributed by atoms with Gasteiger partial charge in [0.25, 0.3) is 5.91 Å². The third kappa shape index (κ3) is 7.31. The molecule has 0 aliphatic rings. The van der Waals surface area contributed by atoms with Crippen LogP contribution in [0, 0.1) is 0 Å². The zero-order chi connectivity index (χ0) is 29.4. The normalized spacial score (nSPS) is 11.4. The van der Waals surface area contributed by atoms with Crippen molar-refractivity contribution in [3.05, 3.63) is 77.6 Å². The number of aromatic nitrogens is 2. The third-order valence-electron chi connectivity index (χ3n) is 7.04. The Balaban J connectivity index is 1.33. The lowest BCUT2D eigenvalue weighted by Crippen LogP contribution is -2.25. The number of carbonyl (C=O) groups is 1. The number of hydrogen-bond donors (Lipinski definition) is 1. The average molecular weight is 560 g/mol. The van der Waals surface area contributed by atoms with Crippen molar-refractivity contribution in [1.29, 1.82) is 0 Å². The molecule has 0 saturated heterocycles.